The zero-order valence-corrected chi connectivity index (χ0v) is 20.3. The second-order valence-corrected chi connectivity index (χ2v) is 9.79. The van der Waals surface area contributed by atoms with Gasteiger partial charge in [0, 0.05) is 32.0 Å². The SMILES string of the molecule is O=C(NCc1ccccc1-c1ccc(Cn2cccn2)cc1)C1CCCN(C(=O)c2cccs2)C1. The summed E-state index contributed by atoms with van der Waals surface area (Å²) in [6.07, 6.45) is 5.39. The third-order valence-electron chi connectivity index (χ3n) is 6.45. The Morgan fingerprint density at radius 3 is 2.66 bits per heavy atom. The summed E-state index contributed by atoms with van der Waals surface area (Å²) in [6.45, 7) is 2.37. The van der Waals surface area contributed by atoms with Crippen LogP contribution in [0.15, 0.2) is 84.5 Å². The largest absolute Gasteiger partial charge is 0.352 e. The zero-order valence-electron chi connectivity index (χ0n) is 19.5. The number of carbonyl (C=O) groups excluding carboxylic acids is 2. The Balaban J connectivity index is 1.22. The number of hydrogen-bond acceptors (Lipinski definition) is 4. The van der Waals surface area contributed by atoms with Crippen LogP contribution in [0.1, 0.15) is 33.6 Å². The molecule has 6 nitrogen and oxygen atoms in total. The maximum atomic E-state index is 13.0. The van der Waals surface area contributed by atoms with Crippen LogP contribution in [-0.4, -0.2) is 39.6 Å². The lowest BCUT2D eigenvalue weighted by atomic mass is 9.96. The normalized spacial score (nSPS) is 15.7. The Labute approximate surface area is 209 Å². The fraction of sp³-hybridized carbons (Fsp3) is 0.250. The van der Waals surface area contributed by atoms with Gasteiger partial charge in [-0.25, -0.2) is 0 Å². The fourth-order valence-electron chi connectivity index (χ4n) is 4.59. The highest BCUT2D eigenvalue weighted by molar-refractivity contribution is 7.12. The van der Waals surface area contributed by atoms with Crippen LogP contribution < -0.4 is 5.32 Å². The lowest BCUT2D eigenvalue weighted by Gasteiger charge is -2.31. The molecule has 0 bridgehead atoms. The Morgan fingerprint density at radius 2 is 1.89 bits per heavy atom. The number of nitrogens with one attached hydrogen (secondary N) is 1. The molecule has 0 aliphatic carbocycles. The Morgan fingerprint density at radius 1 is 1.03 bits per heavy atom. The van der Waals surface area contributed by atoms with Crippen molar-refractivity contribution in [2.75, 3.05) is 13.1 Å². The molecule has 35 heavy (non-hydrogen) atoms. The number of piperidine rings is 1. The predicted octanol–water partition coefficient (Wildman–Crippen LogP) is 4.83. The number of thiophene rings is 1. The van der Waals surface area contributed by atoms with E-state index in [4.69, 9.17) is 0 Å². The zero-order chi connectivity index (χ0) is 24.0. The first-order chi connectivity index (χ1) is 17.2. The Bertz CT molecular complexity index is 1270. The van der Waals surface area contributed by atoms with Gasteiger partial charge in [0.05, 0.1) is 17.3 Å². The van der Waals surface area contributed by atoms with Gasteiger partial charge in [0.2, 0.25) is 5.91 Å². The molecule has 0 spiro atoms. The van der Waals surface area contributed by atoms with Gasteiger partial charge in [0.15, 0.2) is 0 Å². The monoisotopic (exact) mass is 484 g/mol. The van der Waals surface area contributed by atoms with E-state index in [2.05, 4.69) is 46.8 Å². The van der Waals surface area contributed by atoms with Gasteiger partial charge < -0.3 is 10.2 Å². The van der Waals surface area contributed by atoms with E-state index in [0.29, 0.717) is 19.6 Å². The molecule has 3 heterocycles. The molecule has 178 valence electrons. The van der Waals surface area contributed by atoms with Crippen LogP contribution in [0.2, 0.25) is 0 Å². The molecule has 0 radical (unpaired) electrons. The van der Waals surface area contributed by atoms with E-state index in [-0.39, 0.29) is 17.7 Å². The molecule has 2 amide bonds. The third kappa shape index (κ3) is 5.52. The van der Waals surface area contributed by atoms with Crippen LogP contribution in [0.4, 0.5) is 0 Å². The fourth-order valence-corrected chi connectivity index (χ4v) is 5.28. The molecule has 0 saturated carbocycles. The summed E-state index contributed by atoms with van der Waals surface area (Å²) in [5.41, 5.74) is 4.48. The maximum Gasteiger partial charge on any atom is 0.263 e. The van der Waals surface area contributed by atoms with Crippen molar-refractivity contribution in [3.63, 3.8) is 0 Å². The number of carbonyl (C=O) groups is 2. The first kappa shape index (κ1) is 23.1. The summed E-state index contributed by atoms with van der Waals surface area (Å²) in [5.74, 6) is -0.140. The predicted molar refractivity (Wildman–Crippen MR) is 138 cm³/mol. The minimum absolute atomic E-state index is 0.0121. The number of rotatable bonds is 7. The quantitative estimate of drug-likeness (QED) is 0.409. The molecule has 1 N–H and O–H groups in total. The molecule has 1 saturated heterocycles. The molecular weight excluding hydrogens is 456 g/mol. The molecular formula is C28H28N4O2S. The van der Waals surface area contributed by atoms with E-state index in [9.17, 15) is 9.59 Å². The van der Waals surface area contributed by atoms with E-state index in [0.717, 1.165) is 41.0 Å². The lowest BCUT2D eigenvalue weighted by Crippen LogP contribution is -2.45. The number of benzene rings is 2. The number of hydrogen-bond donors (Lipinski definition) is 1. The highest BCUT2D eigenvalue weighted by Gasteiger charge is 2.29. The molecule has 7 heteroatoms. The van der Waals surface area contributed by atoms with Crippen molar-refractivity contribution >= 4 is 23.2 Å². The molecule has 5 rings (SSSR count). The molecule has 1 fully saturated rings. The van der Waals surface area contributed by atoms with Gasteiger partial charge in [-0.05, 0) is 52.6 Å². The number of likely N-dealkylation sites (tertiary alicyclic amines) is 1. The van der Waals surface area contributed by atoms with E-state index >= 15 is 0 Å². The molecule has 1 aliphatic rings. The van der Waals surface area contributed by atoms with Crippen LogP contribution in [0.25, 0.3) is 11.1 Å². The maximum absolute atomic E-state index is 13.0. The summed E-state index contributed by atoms with van der Waals surface area (Å²) in [6, 6.07) is 22.3. The first-order valence-corrected chi connectivity index (χ1v) is 12.8. The number of aromatic nitrogens is 2. The second kappa shape index (κ2) is 10.7. The number of nitrogens with zero attached hydrogens (tertiary/aromatic N) is 3. The summed E-state index contributed by atoms with van der Waals surface area (Å²) in [7, 11) is 0. The smallest absolute Gasteiger partial charge is 0.263 e. The van der Waals surface area contributed by atoms with Crippen molar-refractivity contribution in [2.24, 2.45) is 5.92 Å². The Kier molecular flexibility index (Phi) is 7.04. The van der Waals surface area contributed by atoms with Crippen molar-refractivity contribution in [1.82, 2.24) is 20.0 Å². The first-order valence-electron chi connectivity index (χ1n) is 11.9. The molecule has 2 aromatic heterocycles. The topological polar surface area (TPSA) is 67.2 Å². The van der Waals surface area contributed by atoms with E-state index < -0.39 is 0 Å². The molecule has 2 aromatic carbocycles. The van der Waals surface area contributed by atoms with Crippen LogP contribution >= 0.6 is 11.3 Å². The summed E-state index contributed by atoms with van der Waals surface area (Å²) >= 11 is 1.45. The minimum atomic E-state index is -0.179. The molecule has 1 unspecified atom stereocenters. The number of amides is 2. The van der Waals surface area contributed by atoms with Crippen LogP contribution in [0.5, 0.6) is 0 Å². The van der Waals surface area contributed by atoms with E-state index in [1.807, 2.05) is 51.5 Å². The second-order valence-electron chi connectivity index (χ2n) is 8.84. The van der Waals surface area contributed by atoms with Gasteiger partial charge >= 0.3 is 0 Å². The lowest BCUT2D eigenvalue weighted by molar-refractivity contribution is -0.126. The molecule has 1 aliphatic heterocycles. The van der Waals surface area contributed by atoms with Crippen LogP contribution in [0, 0.1) is 5.92 Å². The van der Waals surface area contributed by atoms with Crippen molar-refractivity contribution < 1.29 is 9.59 Å². The summed E-state index contributed by atoms with van der Waals surface area (Å²) in [5, 5.41) is 9.30. The van der Waals surface area contributed by atoms with Crippen LogP contribution in [0.3, 0.4) is 0 Å². The highest BCUT2D eigenvalue weighted by Crippen LogP contribution is 2.25. The van der Waals surface area contributed by atoms with Crippen molar-refractivity contribution in [3.8, 4) is 11.1 Å². The molecule has 4 aromatic rings. The van der Waals surface area contributed by atoms with Gasteiger partial charge in [-0.1, -0.05) is 54.6 Å². The van der Waals surface area contributed by atoms with Gasteiger partial charge in [0.1, 0.15) is 0 Å². The summed E-state index contributed by atoms with van der Waals surface area (Å²) < 4.78 is 1.90. The van der Waals surface area contributed by atoms with Gasteiger partial charge in [-0.2, -0.15) is 5.10 Å². The standard InChI is InChI=1S/C28H28N4O2S/c33-27(24-7-3-15-31(20-24)28(34)26-9-4-17-35-26)29-18-23-6-1-2-8-25(23)22-12-10-21(11-13-22)19-32-16-5-14-30-32/h1-2,4-6,8-14,16-17,24H,3,7,15,18-20H2,(H,29,33). The third-order valence-corrected chi connectivity index (χ3v) is 7.31. The van der Waals surface area contributed by atoms with Crippen molar-refractivity contribution in [3.05, 3.63) is 101 Å². The van der Waals surface area contributed by atoms with Gasteiger partial charge in [-0.15, -0.1) is 11.3 Å². The average molecular weight is 485 g/mol. The van der Waals surface area contributed by atoms with E-state index in [1.165, 1.54) is 16.9 Å². The molecule has 1 atom stereocenters. The highest BCUT2D eigenvalue weighted by atomic mass is 32.1. The average Bonchev–Trinajstić information content (AvgIpc) is 3.63. The summed E-state index contributed by atoms with van der Waals surface area (Å²) in [4.78, 5) is 28.3. The van der Waals surface area contributed by atoms with Gasteiger partial charge in [-0.3, -0.25) is 14.3 Å². The van der Waals surface area contributed by atoms with Crippen molar-refractivity contribution in [2.45, 2.75) is 25.9 Å². The Hall–Kier alpha value is -3.71. The van der Waals surface area contributed by atoms with Crippen molar-refractivity contribution in [1.29, 1.82) is 0 Å². The minimum Gasteiger partial charge on any atom is -0.352 e. The van der Waals surface area contributed by atoms with E-state index in [1.54, 1.807) is 6.20 Å². The van der Waals surface area contributed by atoms with Gasteiger partial charge in [0.25, 0.3) is 5.91 Å². The van der Waals surface area contributed by atoms with Crippen LogP contribution in [-0.2, 0) is 17.9 Å².